The van der Waals surface area contributed by atoms with E-state index < -0.39 is 23.8 Å². The Balaban J connectivity index is 2.69. The van der Waals surface area contributed by atoms with Gasteiger partial charge in [0, 0.05) is 18.1 Å². The molecule has 1 aromatic rings. The molecule has 0 amide bonds. The van der Waals surface area contributed by atoms with Crippen molar-refractivity contribution in [1.29, 1.82) is 0 Å². The summed E-state index contributed by atoms with van der Waals surface area (Å²) in [6, 6.07) is 0. The molecule has 22 heavy (non-hydrogen) atoms. The second kappa shape index (κ2) is 5.19. The van der Waals surface area contributed by atoms with Gasteiger partial charge < -0.3 is 19.3 Å². The first-order valence-corrected chi connectivity index (χ1v) is 6.97. The van der Waals surface area contributed by atoms with Crippen LogP contribution in [0.25, 0.3) is 0 Å². The van der Waals surface area contributed by atoms with Gasteiger partial charge in [-0.25, -0.2) is 4.79 Å². The number of hydrogen-bond acceptors (Lipinski definition) is 5. The molecule has 0 bridgehead atoms. The van der Waals surface area contributed by atoms with E-state index in [4.69, 9.17) is 19.3 Å². The van der Waals surface area contributed by atoms with Gasteiger partial charge in [0.25, 0.3) is 0 Å². The zero-order valence-corrected chi connectivity index (χ0v) is 13.6. The molecule has 1 N–H and O–H groups in total. The summed E-state index contributed by atoms with van der Waals surface area (Å²) in [4.78, 5) is 22.4. The van der Waals surface area contributed by atoms with Crippen molar-refractivity contribution in [3.8, 4) is 11.5 Å². The second-order valence-electron chi connectivity index (χ2n) is 6.01. The molecule has 1 aliphatic rings. The molecule has 6 heteroatoms. The fraction of sp³-hybridized carbons (Fsp3) is 0.500. The molecule has 0 radical (unpaired) electrons. The second-order valence-corrected chi connectivity index (χ2v) is 6.01. The predicted octanol–water partition coefficient (Wildman–Crippen LogP) is 3.44. The highest BCUT2D eigenvalue weighted by Gasteiger charge is 2.47. The lowest BCUT2D eigenvalue weighted by atomic mass is 9.90. The molecule has 1 heterocycles. The Morgan fingerprint density at radius 1 is 1.14 bits per heavy atom. The summed E-state index contributed by atoms with van der Waals surface area (Å²) in [5.41, 5.74) is 2.04. The zero-order valence-electron chi connectivity index (χ0n) is 13.6. The number of carbonyl (C=O) groups is 2. The minimum Gasteiger partial charge on any atom is -0.483 e. The van der Waals surface area contributed by atoms with E-state index in [0.717, 1.165) is 11.1 Å². The topological polar surface area (TPSA) is 82.1 Å². The Kier molecular flexibility index (Phi) is 3.81. The van der Waals surface area contributed by atoms with Crippen molar-refractivity contribution in [1.82, 2.24) is 0 Å². The summed E-state index contributed by atoms with van der Waals surface area (Å²) in [6.45, 7) is 10.3. The smallest absolute Gasteiger partial charge is 0.483 e. The van der Waals surface area contributed by atoms with Crippen LogP contribution in [-0.2, 0) is 9.53 Å². The maximum atomic E-state index is 11.3. The van der Waals surface area contributed by atoms with Gasteiger partial charge in [-0.05, 0) is 45.7 Å². The molecule has 0 aromatic heterocycles. The van der Waals surface area contributed by atoms with Gasteiger partial charge in [0.2, 0.25) is 0 Å². The van der Waals surface area contributed by atoms with Crippen LogP contribution in [0.15, 0.2) is 0 Å². The highest BCUT2D eigenvalue weighted by atomic mass is 16.7. The van der Waals surface area contributed by atoms with E-state index in [2.05, 4.69) is 0 Å². The molecule has 0 spiro atoms. The Bertz CT molecular complexity index is 659. The lowest BCUT2D eigenvalue weighted by Gasteiger charge is -2.25. The minimum atomic E-state index is -1.37. The van der Waals surface area contributed by atoms with Gasteiger partial charge in [-0.2, -0.15) is 0 Å². The van der Waals surface area contributed by atoms with Crippen molar-refractivity contribution < 1.29 is 28.9 Å². The molecule has 0 saturated heterocycles. The van der Waals surface area contributed by atoms with Crippen molar-refractivity contribution in [2.24, 2.45) is 0 Å². The molecule has 1 unspecified atom stereocenters. The van der Waals surface area contributed by atoms with E-state index in [-0.39, 0.29) is 0 Å². The average molecular weight is 308 g/mol. The predicted molar refractivity (Wildman–Crippen MR) is 78.5 cm³/mol. The van der Waals surface area contributed by atoms with E-state index in [1.807, 2.05) is 13.8 Å². The van der Waals surface area contributed by atoms with Crippen LogP contribution < -0.4 is 9.47 Å². The molecule has 1 atom stereocenters. The minimum absolute atomic E-state index is 0.431. The molecular weight excluding hydrogens is 288 g/mol. The summed E-state index contributed by atoms with van der Waals surface area (Å²) >= 11 is 0. The standard InChI is InChI=1S/C16H20O6/c1-7-8(2)13-11(9(3)12(7)20-10(4)17)14(21-15(18)19)16(5,6)22-13/h14H,1-6H3,(H,18,19). The fourth-order valence-electron chi connectivity index (χ4n) is 2.83. The molecule has 1 aliphatic heterocycles. The molecule has 6 nitrogen and oxygen atoms in total. The summed E-state index contributed by atoms with van der Waals surface area (Å²) in [7, 11) is 0. The monoisotopic (exact) mass is 308 g/mol. The van der Waals surface area contributed by atoms with Gasteiger partial charge in [-0.1, -0.05) is 0 Å². The molecule has 120 valence electrons. The first kappa shape index (κ1) is 16.1. The number of ether oxygens (including phenoxy) is 3. The van der Waals surface area contributed by atoms with Crippen LogP contribution >= 0.6 is 0 Å². The van der Waals surface area contributed by atoms with Crippen molar-refractivity contribution in [3.05, 3.63) is 22.3 Å². The van der Waals surface area contributed by atoms with Crippen LogP contribution in [0.5, 0.6) is 11.5 Å². The Labute approximate surface area is 129 Å². The average Bonchev–Trinajstić information content (AvgIpc) is 2.64. The first-order valence-electron chi connectivity index (χ1n) is 6.97. The van der Waals surface area contributed by atoms with E-state index in [0.29, 0.717) is 22.6 Å². The zero-order chi connectivity index (χ0) is 16.8. The van der Waals surface area contributed by atoms with Crippen LogP contribution in [-0.4, -0.2) is 22.8 Å². The van der Waals surface area contributed by atoms with E-state index in [1.54, 1.807) is 20.8 Å². The fourth-order valence-corrected chi connectivity index (χ4v) is 2.83. The number of benzene rings is 1. The number of fused-ring (bicyclic) bond motifs is 1. The van der Waals surface area contributed by atoms with Crippen molar-refractivity contribution in [2.75, 3.05) is 0 Å². The third-order valence-corrected chi connectivity index (χ3v) is 3.96. The Hall–Kier alpha value is -2.24. The molecule has 0 aliphatic carbocycles. The van der Waals surface area contributed by atoms with Crippen LogP contribution in [0, 0.1) is 20.8 Å². The van der Waals surface area contributed by atoms with Gasteiger partial charge in [0.1, 0.15) is 17.1 Å². The highest BCUT2D eigenvalue weighted by Crippen LogP contribution is 2.52. The van der Waals surface area contributed by atoms with Crippen molar-refractivity contribution >= 4 is 12.1 Å². The SMILES string of the molecule is CC(=O)Oc1c(C)c(C)c2c(c1C)C(OC(=O)O)C(C)(C)O2. The number of carboxylic acid groups (broad SMARTS) is 1. The molecule has 0 saturated carbocycles. The van der Waals surface area contributed by atoms with Gasteiger partial charge in [0.15, 0.2) is 6.10 Å². The van der Waals surface area contributed by atoms with Crippen molar-refractivity contribution in [3.63, 3.8) is 0 Å². The third kappa shape index (κ3) is 2.49. The van der Waals surface area contributed by atoms with Gasteiger partial charge in [-0.15, -0.1) is 0 Å². The van der Waals surface area contributed by atoms with E-state index >= 15 is 0 Å². The summed E-state index contributed by atoms with van der Waals surface area (Å²) in [5, 5.41) is 9.00. The molecule has 2 rings (SSSR count). The maximum Gasteiger partial charge on any atom is 0.506 e. The molecule has 0 fully saturated rings. The lowest BCUT2D eigenvalue weighted by molar-refractivity contribution is -0.132. The van der Waals surface area contributed by atoms with Crippen LogP contribution in [0.3, 0.4) is 0 Å². The summed E-state index contributed by atoms with van der Waals surface area (Å²) in [6.07, 6.45) is -2.16. The molecule has 1 aromatic carbocycles. The number of carbonyl (C=O) groups excluding carboxylic acids is 1. The van der Waals surface area contributed by atoms with Crippen molar-refractivity contribution in [2.45, 2.75) is 53.2 Å². The highest BCUT2D eigenvalue weighted by molar-refractivity contribution is 5.73. The number of hydrogen-bond donors (Lipinski definition) is 1. The first-order chi connectivity index (χ1) is 10.1. The Morgan fingerprint density at radius 2 is 1.73 bits per heavy atom. The van der Waals surface area contributed by atoms with E-state index in [1.165, 1.54) is 6.92 Å². The lowest BCUT2D eigenvalue weighted by Crippen LogP contribution is -2.33. The van der Waals surface area contributed by atoms with E-state index in [9.17, 15) is 9.59 Å². The van der Waals surface area contributed by atoms with Gasteiger partial charge >= 0.3 is 12.1 Å². The Morgan fingerprint density at radius 3 is 2.23 bits per heavy atom. The maximum absolute atomic E-state index is 11.3. The summed E-state index contributed by atoms with van der Waals surface area (Å²) in [5.74, 6) is 0.602. The van der Waals surface area contributed by atoms with Crippen LogP contribution in [0.2, 0.25) is 0 Å². The van der Waals surface area contributed by atoms with Gasteiger partial charge in [0.05, 0.1) is 0 Å². The van der Waals surface area contributed by atoms with Crippen LogP contribution in [0.1, 0.15) is 49.1 Å². The number of esters is 1. The third-order valence-electron chi connectivity index (χ3n) is 3.96. The number of rotatable bonds is 2. The van der Waals surface area contributed by atoms with Crippen LogP contribution in [0.4, 0.5) is 4.79 Å². The quantitative estimate of drug-likeness (QED) is 0.665. The molecular formula is C16H20O6. The summed E-state index contributed by atoms with van der Waals surface area (Å²) < 4.78 is 16.3. The normalized spacial score (nSPS) is 18.4. The largest absolute Gasteiger partial charge is 0.506 e. The van der Waals surface area contributed by atoms with Gasteiger partial charge in [-0.3, -0.25) is 4.79 Å².